The number of hydrogen-bond donors (Lipinski definition) is 1. The lowest BCUT2D eigenvalue weighted by Crippen LogP contribution is -2.27. The smallest absolute Gasteiger partial charge is 0.344 e. The van der Waals surface area contributed by atoms with Crippen LogP contribution >= 0.6 is 11.8 Å². The highest BCUT2D eigenvalue weighted by Gasteiger charge is 2.36. The Hall–Kier alpha value is -3.33. The van der Waals surface area contributed by atoms with Crippen molar-refractivity contribution < 1.29 is 33.4 Å². The van der Waals surface area contributed by atoms with Crippen LogP contribution in [0.25, 0.3) is 6.08 Å². The SMILES string of the molecule is COc1cc(/C=C2/SC(=O)N(c3ccc(F)cc3)C2=O)ccc1OC(C)C(=O)O. The fourth-order valence-electron chi connectivity index (χ4n) is 2.54. The van der Waals surface area contributed by atoms with Crippen molar-refractivity contribution in [2.24, 2.45) is 0 Å². The van der Waals surface area contributed by atoms with Crippen molar-refractivity contribution in [1.82, 2.24) is 0 Å². The first-order valence-electron chi connectivity index (χ1n) is 8.41. The van der Waals surface area contributed by atoms with E-state index in [9.17, 15) is 18.8 Å². The molecule has 0 spiro atoms. The number of carboxylic acid groups (broad SMARTS) is 1. The van der Waals surface area contributed by atoms with Gasteiger partial charge in [0.15, 0.2) is 17.6 Å². The van der Waals surface area contributed by atoms with Gasteiger partial charge in [-0.2, -0.15) is 0 Å². The number of anilines is 1. The van der Waals surface area contributed by atoms with Gasteiger partial charge in [-0.1, -0.05) is 6.07 Å². The van der Waals surface area contributed by atoms with E-state index in [2.05, 4.69) is 0 Å². The Morgan fingerprint density at radius 2 is 1.86 bits per heavy atom. The van der Waals surface area contributed by atoms with Gasteiger partial charge in [0.1, 0.15) is 5.82 Å². The van der Waals surface area contributed by atoms with Crippen LogP contribution in [0.5, 0.6) is 11.5 Å². The molecule has 2 aromatic carbocycles. The standard InChI is InChI=1S/C20H16FNO6S/c1-11(19(24)25)28-15-8-3-12(9-16(15)27-2)10-17-18(23)22(20(26)29-17)14-6-4-13(21)5-7-14/h3-11H,1-2H3,(H,24,25)/b17-10+. The van der Waals surface area contributed by atoms with Crippen molar-refractivity contribution in [3.63, 3.8) is 0 Å². The first-order valence-corrected chi connectivity index (χ1v) is 9.23. The number of benzene rings is 2. The molecule has 1 atom stereocenters. The van der Waals surface area contributed by atoms with Crippen molar-refractivity contribution in [3.05, 3.63) is 58.8 Å². The van der Waals surface area contributed by atoms with E-state index in [1.54, 1.807) is 12.1 Å². The summed E-state index contributed by atoms with van der Waals surface area (Å²) >= 11 is 0.763. The lowest BCUT2D eigenvalue weighted by Gasteiger charge is -2.14. The zero-order valence-electron chi connectivity index (χ0n) is 15.4. The molecule has 1 saturated heterocycles. The Morgan fingerprint density at radius 1 is 1.17 bits per heavy atom. The number of rotatable bonds is 6. The predicted molar refractivity (Wildman–Crippen MR) is 106 cm³/mol. The lowest BCUT2D eigenvalue weighted by molar-refractivity contribution is -0.144. The summed E-state index contributed by atoms with van der Waals surface area (Å²) in [6.07, 6.45) is 0.448. The molecule has 1 unspecified atom stereocenters. The normalized spacial score (nSPS) is 16.2. The Kier molecular flexibility index (Phi) is 5.88. The average Bonchev–Trinajstić information content (AvgIpc) is 2.96. The second kappa shape index (κ2) is 8.36. The highest BCUT2D eigenvalue weighted by atomic mass is 32.2. The number of carbonyl (C=O) groups excluding carboxylic acids is 2. The topological polar surface area (TPSA) is 93.1 Å². The van der Waals surface area contributed by atoms with Gasteiger partial charge in [-0.3, -0.25) is 9.59 Å². The highest BCUT2D eigenvalue weighted by Crippen LogP contribution is 2.37. The molecule has 0 saturated carbocycles. The maximum atomic E-state index is 13.1. The highest BCUT2D eigenvalue weighted by molar-refractivity contribution is 8.19. The minimum Gasteiger partial charge on any atom is -0.493 e. The van der Waals surface area contributed by atoms with E-state index < -0.39 is 29.0 Å². The fraction of sp³-hybridized carbons (Fsp3) is 0.150. The van der Waals surface area contributed by atoms with Crippen LogP contribution in [0.4, 0.5) is 14.9 Å². The number of nitrogens with zero attached hydrogens (tertiary/aromatic N) is 1. The number of imide groups is 1. The summed E-state index contributed by atoms with van der Waals surface area (Å²) in [5.41, 5.74) is 0.836. The molecule has 1 aliphatic rings. The molecule has 7 nitrogen and oxygen atoms in total. The monoisotopic (exact) mass is 417 g/mol. The third-order valence-corrected chi connectivity index (χ3v) is 4.89. The van der Waals surface area contributed by atoms with Crippen LogP contribution in [0.15, 0.2) is 47.4 Å². The second-order valence-corrected chi connectivity index (χ2v) is 7.00. The summed E-state index contributed by atoms with van der Waals surface area (Å²) in [6, 6.07) is 9.75. The summed E-state index contributed by atoms with van der Waals surface area (Å²) < 4.78 is 23.7. The molecule has 3 rings (SSSR count). The van der Waals surface area contributed by atoms with E-state index in [1.807, 2.05) is 0 Å². The average molecular weight is 417 g/mol. The van der Waals surface area contributed by atoms with Gasteiger partial charge in [-0.05, 0) is 66.7 Å². The number of thioether (sulfide) groups is 1. The van der Waals surface area contributed by atoms with E-state index in [4.69, 9.17) is 14.6 Å². The van der Waals surface area contributed by atoms with Gasteiger partial charge in [0, 0.05) is 0 Å². The van der Waals surface area contributed by atoms with Gasteiger partial charge in [-0.25, -0.2) is 14.1 Å². The molecule has 0 bridgehead atoms. The molecule has 2 aromatic rings. The van der Waals surface area contributed by atoms with Crippen molar-refractivity contribution in [2.75, 3.05) is 12.0 Å². The first-order chi connectivity index (χ1) is 13.8. The van der Waals surface area contributed by atoms with Crippen LogP contribution in [-0.4, -0.2) is 35.4 Å². The van der Waals surface area contributed by atoms with Crippen LogP contribution in [0.3, 0.4) is 0 Å². The number of carbonyl (C=O) groups is 3. The van der Waals surface area contributed by atoms with Crippen molar-refractivity contribution >= 4 is 40.6 Å². The van der Waals surface area contributed by atoms with Crippen molar-refractivity contribution in [1.29, 1.82) is 0 Å². The molecule has 1 fully saturated rings. The largest absolute Gasteiger partial charge is 0.493 e. The van der Waals surface area contributed by atoms with E-state index in [1.165, 1.54) is 50.4 Å². The quantitative estimate of drug-likeness (QED) is 0.712. The summed E-state index contributed by atoms with van der Waals surface area (Å²) in [4.78, 5) is 37.0. The summed E-state index contributed by atoms with van der Waals surface area (Å²) in [5, 5.41) is 8.48. The Balaban J connectivity index is 1.86. The van der Waals surface area contributed by atoms with Crippen LogP contribution in [0.2, 0.25) is 0 Å². The van der Waals surface area contributed by atoms with Gasteiger partial charge in [0.2, 0.25) is 0 Å². The molecule has 1 heterocycles. The number of ether oxygens (including phenoxy) is 2. The Labute approximate surface area is 169 Å². The van der Waals surface area contributed by atoms with E-state index in [0.717, 1.165) is 16.7 Å². The van der Waals surface area contributed by atoms with Crippen molar-refractivity contribution in [3.8, 4) is 11.5 Å². The van der Waals surface area contributed by atoms with Gasteiger partial charge in [0.05, 0.1) is 17.7 Å². The molecule has 0 radical (unpaired) electrons. The van der Waals surface area contributed by atoms with Crippen LogP contribution in [0.1, 0.15) is 12.5 Å². The molecule has 9 heteroatoms. The zero-order chi connectivity index (χ0) is 21.1. The third-order valence-electron chi connectivity index (χ3n) is 4.02. The van der Waals surface area contributed by atoms with E-state index in [-0.39, 0.29) is 22.1 Å². The first kappa shape index (κ1) is 20.4. The van der Waals surface area contributed by atoms with Gasteiger partial charge in [-0.15, -0.1) is 0 Å². The molecule has 1 aliphatic heterocycles. The second-order valence-electron chi connectivity index (χ2n) is 6.00. The van der Waals surface area contributed by atoms with Gasteiger partial charge >= 0.3 is 5.97 Å². The summed E-state index contributed by atoms with van der Waals surface area (Å²) in [6.45, 7) is 1.39. The van der Waals surface area contributed by atoms with E-state index >= 15 is 0 Å². The summed E-state index contributed by atoms with van der Waals surface area (Å²) in [5.74, 6) is -1.59. The number of methoxy groups -OCH3 is 1. The lowest BCUT2D eigenvalue weighted by atomic mass is 10.1. The Bertz CT molecular complexity index is 1000. The number of aliphatic carboxylic acids is 1. The van der Waals surface area contributed by atoms with Crippen LogP contribution in [0, 0.1) is 5.82 Å². The molecular weight excluding hydrogens is 401 g/mol. The number of hydrogen-bond acceptors (Lipinski definition) is 6. The molecule has 150 valence electrons. The van der Waals surface area contributed by atoms with Gasteiger partial charge in [0.25, 0.3) is 11.1 Å². The minimum absolute atomic E-state index is 0.189. The zero-order valence-corrected chi connectivity index (χ0v) is 16.2. The fourth-order valence-corrected chi connectivity index (χ4v) is 3.39. The van der Waals surface area contributed by atoms with Crippen molar-refractivity contribution in [2.45, 2.75) is 13.0 Å². The molecule has 0 aliphatic carbocycles. The van der Waals surface area contributed by atoms with Crippen LogP contribution < -0.4 is 14.4 Å². The van der Waals surface area contributed by atoms with Gasteiger partial charge < -0.3 is 14.6 Å². The molecule has 2 amide bonds. The number of amides is 2. The van der Waals surface area contributed by atoms with E-state index in [0.29, 0.717) is 5.56 Å². The summed E-state index contributed by atoms with van der Waals surface area (Å²) in [7, 11) is 1.40. The maximum absolute atomic E-state index is 13.1. The minimum atomic E-state index is -1.12. The molecular formula is C20H16FNO6S. The molecule has 1 N–H and O–H groups in total. The number of halogens is 1. The third kappa shape index (κ3) is 4.40. The predicted octanol–water partition coefficient (Wildman–Crippen LogP) is 3.93. The molecule has 29 heavy (non-hydrogen) atoms. The van der Waals surface area contributed by atoms with Crippen LogP contribution in [-0.2, 0) is 9.59 Å². The Morgan fingerprint density at radius 3 is 2.48 bits per heavy atom. The number of carboxylic acids is 1. The molecule has 0 aromatic heterocycles. The maximum Gasteiger partial charge on any atom is 0.344 e.